The van der Waals surface area contributed by atoms with E-state index in [1.165, 1.54) is 16.6 Å². The number of benzene rings is 2. The van der Waals surface area contributed by atoms with E-state index in [1.807, 2.05) is 30.3 Å². The van der Waals surface area contributed by atoms with E-state index in [0.717, 1.165) is 22.6 Å². The molecular weight excluding hydrogens is 360 g/mol. The first kappa shape index (κ1) is 18.8. The number of aromatic nitrogens is 3. The van der Waals surface area contributed by atoms with Crippen molar-refractivity contribution in [3.8, 4) is 11.5 Å². The Morgan fingerprint density at radius 3 is 2.63 bits per heavy atom. The standard InChI is InChI=1S/C20H22N4O2S/c1-14(2)16-5-7-18(8-6-16)26-12-17-10-15(4-9-19(17)25-3)11-22-24-13-21-23-20(24)27/h4-11,13-14H,12H2,1-3H3,(H,23,27)/b22-11+. The molecule has 0 fully saturated rings. The van der Waals surface area contributed by atoms with Gasteiger partial charge in [0, 0.05) is 5.56 Å². The lowest BCUT2D eigenvalue weighted by Gasteiger charge is -2.12. The Bertz CT molecular complexity index is 974. The Morgan fingerprint density at radius 1 is 1.22 bits per heavy atom. The predicted molar refractivity (Wildman–Crippen MR) is 108 cm³/mol. The van der Waals surface area contributed by atoms with E-state index in [0.29, 0.717) is 17.3 Å². The molecule has 0 aliphatic rings. The van der Waals surface area contributed by atoms with Gasteiger partial charge in [0.15, 0.2) is 0 Å². The summed E-state index contributed by atoms with van der Waals surface area (Å²) in [5.74, 6) is 2.09. The van der Waals surface area contributed by atoms with E-state index in [4.69, 9.17) is 21.7 Å². The summed E-state index contributed by atoms with van der Waals surface area (Å²) >= 11 is 5.08. The summed E-state index contributed by atoms with van der Waals surface area (Å²) in [6.45, 7) is 4.74. The third kappa shape index (κ3) is 4.83. The summed E-state index contributed by atoms with van der Waals surface area (Å²) in [4.78, 5) is 0. The number of hydrogen-bond acceptors (Lipinski definition) is 5. The normalized spacial score (nSPS) is 11.3. The molecule has 3 rings (SSSR count). The lowest BCUT2D eigenvalue weighted by Crippen LogP contribution is -2.00. The van der Waals surface area contributed by atoms with Crippen LogP contribution in [0.1, 0.15) is 36.5 Å². The van der Waals surface area contributed by atoms with Gasteiger partial charge in [-0.05, 0) is 59.6 Å². The van der Waals surface area contributed by atoms with Crippen molar-refractivity contribution >= 4 is 18.4 Å². The molecule has 2 aromatic carbocycles. The van der Waals surface area contributed by atoms with E-state index in [1.54, 1.807) is 13.3 Å². The van der Waals surface area contributed by atoms with Crippen LogP contribution < -0.4 is 9.47 Å². The number of aromatic amines is 1. The molecule has 0 radical (unpaired) electrons. The van der Waals surface area contributed by atoms with Crippen molar-refractivity contribution in [2.45, 2.75) is 26.4 Å². The third-order valence-electron chi connectivity index (χ3n) is 4.11. The maximum Gasteiger partial charge on any atom is 0.216 e. The zero-order valence-electron chi connectivity index (χ0n) is 15.5. The average molecular weight is 382 g/mol. The molecule has 0 amide bonds. The van der Waals surface area contributed by atoms with E-state index in [2.05, 4.69) is 41.3 Å². The van der Waals surface area contributed by atoms with Crippen LogP contribution in [-0.2, 0) is 6.61 Å². The second kappa shape index (κ2) is 8.64. The highest BCUT2D eigenvalue weighted by Gasteiger charge is 2.06. The summed E-state index contributed by atoms with van der Waals surface area (Å²) in [5.41, 5.74) is 3.13. The molecule has 0 unspecified atom stereocenters. The van der Waals surface area contributed by atoms with Gasteiger partial charge in [0.2, 0.25) is 4.77 Å². The zero-order chi connectivity index (χ0) is 19.2. The van der Waals surface area contributed by atoms with Crippen LogP contribution in [0.25, 0.3) is 0 Å². The molecule has 1 aromatic heterocycles. The molecule has 0 saturated heterocycles. The first-order chi connectivity index (χ1) is 13.1. The number of nitrogens with one attached hydrogen (secondary N) is 1. The fraction of sp³-hybridized carbons (Fsp3) is 0.250. The highest BCUT2D eigenvalue weighted by molar-refractivity contribution is 7.71. The molecule has 0 bridgehead atoms. The summed E-state index contributed by atoms with van der Waals surface area (Å²) in [5, 5.41) is 10.8. The monoisotopic (exact) mass is 382 g/mol. The fourth-order valence-corrected chi connectivity index (χ4v) is 2.70. The van der Waals surface area contributed by atoms with Gasteiger partial charge in [0.05, 0.1) is 13.3 Å². The van der Waals surface area contributed by atoms with E-state index < -0.39 is 0 Å². The number of H-pyrrole nitrogens is 1. The number of ether oxygens (including phenoxy) is 2. The van der Waals surface area contributed by atoms with Gasteiger partial charge >= 0.3 is 0 Å². The quantitative estimate of drug-likeness (QED) is 0.481. The molecule has 27 heavy (non-hydrogen) atoms. The molecule has 140 valence electrons. The van der Waals surface area contributed by atoms with Crippen LogP contribution in [0, 0.1) is 4.77 Å². The van der Waals surface area contributed by atoms with Gasteiger partial charge in [0.1, 0.15) is 24.4 Å². The number of rotatable bonds is 7. The molecule has 0 aliphatic heterocycles. The van der Waals surface area contributed by atoms with Crippen LogP contribution in [0.2, 0.25) is 0 Å². The first-order valence-electron chi connectivity index (χ1n) is 8.63. The third-order valence-corrected chi connectivity index (χ3v) is 4.39. The number of hydrogen-bond donors (Lipinski definition) is 1. The average Bonchev–Trinajstić information content (AvgIpc) is 3.10. The Labute approximate surface area is 163 Å². The van der Waals surface area contributed by atoms with Crippen molar-refractivity contribution in [1.29, 1.82) is 0 Å². The van der Waals surface area contributed by atoms with Crippen LogP contribution >= 0.6 is 12.2 Å². The minimum Gasteiger partial charge on any atom is -0.496 e. The smallest absolute Gasteiger partial charge is 0.216 e. The molecule has 0 aliphatic carbocycles. The maximum absolute atomic E-state index is 5.93. The molecule has 7 heteroatoms. The lowest BCUT2D eigenvalue weighted by molar-refractivity contribution is 0.296. The Morgan fingerprint density at radius 2 is 2.00 bits per heavy atom. The largest absolute Gasteiger partial charge is 0.496 e. The highest BCUT2D eigenvalue weighted by atomic mass is 32.1. The Kier molecular flexibility index (Phi) is 6.03. The maximum atomic E-state index is 5.93. The second-order valence-electron chi connectivity index (χ2n) is 6.33. The van der Waals surface area contributed by atoms with Gasteiger partial charge in [-0.25, -0.2) is 0 Å². The van der Waals surface area contributed by atoms with Crippen LogP contribution in [-0.4, -0.2) is 28.2 Å². The minimum absolute atomic E-state index is 0.400. The van der Waals surface area contributed by atoms with Gasteiger partial charge < -0.3 is 9.47 Å². The SMILES string of the molecule is COc1ccc(/C=N/n2cn[nH]c2=S)cc1COc1ccc(C(C)C)cc1. The van der Waals surface area contributed by atoms with Crippen LogP contribution in [0.3, 0.4) is 0 Å². The zero-order valence-corrected chi connectivity index (χ0v) is 16.4. The van der Waals surface area contributed by atoms with Crippen molar-refractivity contribution in [3.63, 3.8) is 0 Å². The van der Waals surface area contributed by atoms with Crippen LogP contribution in [0.4, 0.5) is 0 Å². The fourth-order valence-electron chi connectivity index (χ4n) is 2.56. The van der Waals surface area contributed by atoms with Crippen molar-refractivity contribution in [1.82, 2.24) is 14.9 Å². The van der Waals surface area contributed by atoms with E-state index >= 15 is 0 Å². The topological polar surface area (TPSA) is 64.4 Å². The molecule has 6 nitrogen and oxygen atoms in total. The van der Waals surface area contributed by atoms with Crippen molar-refractivity contribution in [3.05, 3.63) is 70.3 Å². The van der Waals surface area contributed by atoms with Gasteiger partial charge in [-0.15, -0.1) is 0 Å². The molecule has 1 heterocycles. The van der Waals surface area contributed by atoms with E-state index in [-0.39, 0.29) is 0 Å². The highest BCUT2D eigenvalue weighted by Crippen LogP contribution is 2.23. The summed E-state index contributed by atoms with van der Waals surface area (Å²) in [6, 6.07) is 14.0. The van der Waals surface area contributed by atoms with E-state index in [9.17, 15) is 0 Å². The number of methoxy groups -OCH3 is 1. The Hall–Kier alpha value is -2.93. The van der Waals surface area contributed by atoms with Gasteiger partial charge in [0.25, 0.3) is 0 Å². The molecule has 0 saturated carbocycles. The van der Waals surface area contributed by atoms with Gasteiger partial charge in [-0.3, -0.25) is 5.10 Å². The van der Waals surface area contributed by atoms with Gasteiger partial charge in [-0.1, -0.05) is 26.0 Å². The first-order valence-corrected chi connectivity index (χ1v) is 9.03. The lowest BCUT2D eigenvalue weighted by atomic mass is 10.0. The van der Waals surface area contributed by atoms with Crippen molar-refractivity contribution in [2.24, 2.45) is 5.10 Å². The van der Waals surface area contributed by atoms with Crippen molar-refractivity contribution in [2.75, 3.05) is 7.11 Å². The predicted octanol–water partition coefficient (Wildman–Crippen LogP) is 4.53. The Balaban J connectivity index is 1.74. The van der Waals surface area contributed by atoms with Crippen molar-refractivity contribution < 1.29 is 9.47 Å². The summed E-state index contributed by atoms with van der Waals surface area (Å²) in [7, 11) is 1.65. The summed E-state index contributed by atoms with van der Waals surface area (Å²) in [6.07, 6.45) is 3.24. The second-order valence-corrected chi connectivity index (χ2v) is 6.72. The van der Waals surface area contributed by atoms with Gasteiger partial charge in [-0.2, -0.15) is 14.9 Å². The summed E-state index contributed by atoms with van der Waals surface area (Å²) < 4.78 is 13.3. The molecule has 3 aromatic rings. The number of nitrogens with zero attached hydrogens (tertiary/aromatic N) is 3. The minimum atomic E-state index is 0.400. The molecular formula is C20H22N4O2S. The molecule has 1 N–H and O–H groups in total. The molecule has 0 spiro atoms. The molecule has 0 atom stereocenters. The van der Waals surface area contributed by atoms with Crippen LogP contribution in [0.15, 0.2) is 53.9 Å². The van der Waals surface area contributed by atoms with Crippen LogP contribution in [0.5, 0.6) is 11.5 Å².